The summed E-state index contributed by atoms with van der Waals surface area (Å²) < 4.78 is 0. The molecule has 0 radical (unpaired) electrons. The molecule has 2 nitrogen and oxygen atoms in total. The van der Waals surface area contributed by atoms with Gasteiger partial charge in [-0.05, 0) is 45.1 Å². The van der Waals surface area contributed by atoms with Crippen molar-refractivity contribution >= 4 is 0 Å². The zero-order valence-electron chi connectivity index (χ0n) is 10.3. The van der Waals surface area contributed by atoms with Crippen molar-refractivity contribution in [2.45, 2.75) is 70.0 Å². The Morgan fingerprint density at radius 1 is 1.07 bits per heavy atom. The lowest BCUT2D eigenvalue weighted by Crippen LogP contribution is -2.44. The molecule has 0 aromatic carbocycles. The minimum Gasteiger partial charge on any atom is -0.328 e. The normalized spacial score (nSPS) is 42.4. The van der Waals surface area contributed by atoms with Crippen LogP contribution in [0, 0.1) is 5.92 Å². The van der Waals surface area contributed by atoms with E-state index in [1.165, 1.54) is 44.9 Å². The van der Waals surface area contributed by atoms with Gasteiger partial charge in [0.2, 0.25) is 0 Å². The highest BCUT2D eigenvalue weighted by atomic mass is 15.2. The molecule has 0 saturated heterocycles. The van der Waals surface area contributed by atoms with Crippen molar-refractivity contribution in [1.82, 2.24) is 4.90 Å². The molecule has 0 aromatic rings. The summed E-state index contributed by atoms with van der Waals surface area (Å²) in [4.78, 5) is 2.65. The number of rotatable bonds is 2. The molecule has 0 aromatic heterocycles. The molecule has 4 atom stereocenters. The summed E-state index contributed by atoms with van der Waals surface area (Å²) in [5.74, 6) is 0.889. The third-order valence-corrected chi connectivity index (χ3v) is 4.61. The molecule has 0 bridgehead atoms. The third-order valence-electron chi connectivity index (χ3n) is 4.61. The Hall–Kier alpha value is -0.0800. The predicted octanol–water partition coefficient (Wildman–Crippen LogP) is 2.38. The molecule has 15 heavy (non-hydrogen) atoms. The van der Waals surface area contributed by atoms with Crippen LogP contribution in [0.15, 0.2) is 0 Å². The molecule has 0 spiro atoms. The van der Waals surface area contributed by atoms with Crippen LogP contribution in [-0.2, 0) is 0 Å². The Morgan fingerprint density at radius 2 is 1.80 bits per heavy atom. The first-order valence-corrected chi connectivity index (χ1v) is 6.66. The number of nitrogens with two attached hydrogens (primary N) is 1. The van der Waals surface area contributed by atoms with Crippen LogP contribution >= 0.6 is 0 Å². The van der Waals surface area contributed by atoms with Gasteiger partial charge >= 0.3 is 0 Å². The van der Waals surface area contributed by atoms with E-state index in [4.69, 9.17) is 5.73 Å². The average molecular weight is 210 g/mol. The number of nitrogens with zero attached hydrogens (tertiary/aromatic N) is 1. The van der Waals surface area contributed by atoms with Crippen LogP contribution in [0.1, 0.15) is 51.9 Å². The van der Waals surface area contributed by atoms with Crippen LogP contribution in [0.5, 0.6) is 0 Å². The lowest BCUT2D eigenvalue weighted by Gasteiger charge is -2.39. The molecule has 0 aliphatic heterocycles. The van der Waals surface area contributed by atoms with E-state index in [0.29, 0.717) is 6.04 Å². The Balaban J connectivity index is 1.91. The van der Waals surface area contributed by atoms with Crippen molar-refractivity contribution in [2.24, 2.45) is 11.7 Å². The van der Waals surface area contributed by atoms with Crippen molar-refractivity contribution in [2.75, 3.05) is 7.05 Å². The van der Waals surface area contributed by atoms with Gasteiger partial charge in [-0.1, -0.05) is 19.8 Å². The molecular weight excluding hydrogens is 184 g/mol. The second kappa shape index (κ2) is 4.84. The van der Waals surface area contributed by atoms with Gasteiger partial charge in [0.05, 0.1) is 0 Å². The van der Waals surface area contributed by atoms with Gasteiger partial charge in [0.15, 0.2) is 0 Å². The Kier molecular flexibility index (Phi) is 3.68. The van der Waals surface area contributed by atoms with Crippen molar-refractivity contribution in [1.29, 1.82) is 0 Å². The second-order valence-corrected chi connectivity index (χ2v) is 5.72. The highest BCUT2D eigenvalue weighted by Gasteiger charge is 2.32. The Morgan fingerprint density at radius 3 is 2.40 bits per heavy atom. The van der Waals surface area contributed by atoms with Gasteiger partial charge in [-0.3, -0.25) is 0 Å². The van der Waals surface area contributed by atoms with Crippen LogP contribution in [-0.4, -0.2) is 30.1 Å². The average Bonchev–Trinajstić information content (AvgIpc) is 2.65. The quantitative estimate of drug-likeness (QED) is 0.758. The van der Waals surface area contributed by atoms with Crippen LogP contribution in [0.2, 0.25) is 0 Å². The molecule has 2 saturated carbocycles. The zero-order chi connectivity index (χ0) is 10.8. The van der Waals surface area contributed by atoms with Crippen LogP contribution < -0.4 is 5.73 Å². The van der Waals surface area contributed by atoms with Gasteiger partial charge in [-0.15, -0.1) is 0 Å². The van der Waals surface area contributed by atoms with Gasteiger partial charge in [-0.2, -0.15) is 0 Å². The standard InChI is InChI=1S/C13H26N2/c1-10-5-3-4-6-13(10)15(2)12-8-7-11(14)9-12/h10-13H,3-9,14H2,1-2H3. The van der Waals surface area contributed by atoms with Crippen molar-refractivity contribution in [3.63, 3.8) is 0 Å². The minimum absolute atomic E-state index is 0.469. The first-order valence-electron chi connectivity index (χ1n) is 6.66. The molecule has 2 aliphatic carbocycles. The van der Waals surface area contributed by atoms with Crippen molar-refractivity contribution < 1.29 is 0 Å². The fraction of sp³-hybridized carbons (Fsp3) is 1.00. The molecule has 2 fully saturated rings. The van der Waals surface area contributed by atoms with E-state index in [-0.39, 0.29) is 0 Å². The second-order valence-electron chi connectivity index (χ2n) is 5.72. The molecule has 4 unspecified atom stereocenters. The van der Waals surface area contributed by atoms with Gasteiger partial charge < -0.3 is 10.6 Å². The SMILES string of the molecule is CC1CCCCC1N(C)C1CCC(N)C1. The largest absolute Gasteiger partial charge is 0.328 e. The third kappa shape index (κ3) is 2.54. The fourth-order valence-electron chi connectivity index (χ4n) is 3.53. The Bertz CT molecular complexity index is 205. The maximum Gasteiger partial charge on any atom is 0.0121 e. The van der Waals surface area contributed by atoms with E-state index in [2.05, 4.69) is 18.9 Å². The van der Waals surface area contributed by atoms with Gasteiger partial charge in [0, 0.05) is 18.1 Å². The molecule has 0 heterocycles. The molecule has 2 aliphatic rings. The fourth-order valence-corrected chi connectivity index (χ4v) is 3.53. The summed E-state index contributed by atoms with van der Waals surface area (Å²) in [5.41, 5.74) is 6.00. The topological polar surface area (TPSA) is 29.3 Å². The van der Waals surface area contributed by atoms with Gasteiger partial charge in [0.25, 0.3) is 0 Å². The monoisotopic (exact) mass is 210 g/mol. The van der Waals surface area contributed by atoms with E-state index in [1.54, 1.807) is 0 Å². The summed E-state index contributed by atoms with van der Waals surface area (Å²) in [7, 11) is 2.33. The maximum atomic E-state index is 6.00. The number of hydrogen-bond acceptors (Lipinski definition) is 2. The molecule has 2 N–H and O–H groups in total. The van der Waals surface area contributed by atoms with Crippen LogP contribution in [0.25, 0.3) is 0 Å². The highest BCUT2D eigenvalue weighted by molar-refractivity contribution is 4.89. The van der Waals surface area contributed by atoms with Crippen molar-refractivity contribution in [3.8, 4) is 0 Å². The lowest BCUT2D eigenvalue weighted by molar-refractivity contribution is 0.0980. The van der Waals surface area contributed by atoms with Crippen molar-refractivity contribution in [3.05, 3.63) is 0 Å². The van der Waals surface area contributed by atoms with Crippen LogP contribution in [0.3, 0.4) is 0 Å². The smallest absolute Gasteiger partial charge is 0.0121 e. The maximum absolute atomic E-state index is 6.00. The highest BCUT2D eigenvalue weighted by Crippen LogP contribution is 2.32. The van der Waals surface area contributed by atoms with E-state index in [0.717, 1.165) is 18.0 Å². The molecule has 2 heteroatoms. The van der Waals surface area contributed by atoms with E-state index < -0.39 is 0 Å². The zero-order valence-corrected chi connectivity index (χ0v) is 10.3. The van der Waals surface area contributed by atoms with E-state index in [9.17, 15) is 0 Å². The molecular formula is C13H26N2. The van der Waals surface area contributed by atoms with E-state index in [1.807, 2.05) is 0 Å². The van der Waals surface area contributed by atoms with E-state index >= 15 is 0 Å². The first-order chi connectivity index (χ1) is 7.18. The molecule has 0 amide bonds. The minimum atomic E-state index is 0.469. The summed E-state index contributed by atoms with van der Waals surface area (Å²) in [6, 6.07) is 2.07. The summed E-state index contributed by atoms with van der Waals surface area (Å²) in [6.07, 6.45) is 9.47. The van der Waals surface area contributed by atoms with Gasteiger partial charge in [-0.25, -0.2) is 0 Å². The first kappa shape index (κ1) is 11.4. The molecule has 2 rings (SSSR count). The summed E-state index contributed by atoms with van der Waals surface area (Å²) in [5, 5.41) is 0. The lowest BCUT2D eigenvalue weighted by atomic mass is 9.84. The summed E-state index contributed by atoms with van der Waals surface area (Å²) >= 11 is 0. The summed E-state index contributed by atoms with van der Waals surface area (Å²) in [6.45, 7) is 2.43. The predicted molar refractivity (Wildman–Crippen MR) is 64.8 cm³/mol. The van der Waals surface area contributed by atoms with Gasteiger partial charge in [0.1, 0.15) is 0 Å². The number of hydrogen-bond donors (Lipinski definition) is 1. The Labute approximate surface area is 94.2 Å². The van der Waals surface area contributed by atoms with Crippen LogP contribution in [0.4, 0.5) is 0 Å². The molecule has 88 valence electrons.